The lowest BCUT2D eigenvalue weighted by atomic mass is 9.93. The van der Waals surface area contributed by atoms with Crippen LogP contribution in [-0.2, 0) is 11.3 Å². The number of piperidine rings is 1. The van der Waals surface area contributed by atoms with E-state index in [1.165, 1.54) is 0 Å². The Hall–Kier alpha value is -4.33. The van der Waals surface area contributed by atoms with Crippen LogP contribution in [0.5, 0.6) is 11.6 Å². The molecular weight excluding hydrogens is 646 g/mol. The van der Waals surface area contributed by atoms with Crippen molar-refractivity contribution in [2.24, 2.45) is 5.73 Å². The third-order valence-electron chi connectivity index (χ3n) is 8.06. The fraction of sp³-hybridized carbons (Fsp3) is 0.412. The summed E-state index contributed by atoms with van der Waals surface area (Å²) in [7, 11) is 1.58. The zero-order valence-corrected chi connectivity index (χ0v) is 28.1. The zero-order valence-electron chi connectivity index (χ0n) is 27.3. The van der Waals surface area contributed by atoms with Crippen LogP contribution in [0.25, 0.3) is 0 Å². The minimum absolute atomic E-state index is 0. The van der Waals surface area contributed by atoms with Crippen molar-refractivity contribution < 1.29 is 32.6 Å². The van der Waals surface area contributed by atoms with Crippen LogP contribution in [0.3, 0.4) is 0 Å². The molecule has 1 aliphatic rings. The smallest absolute Gasteiger partial charge is 0.319 e. The van der Waals surface area contributed by atoms with E-state index in [0.717, 1.165) is 43.0 Å². The first-order valence-electron chi connectivity index (χ1n) is 15.7. The quantitative estimate of drug-likeness (QED) is 0.159. The number of nitrogens with zero attached hydrogens (tertiary/aromatic N) is 2. The molecule has 1 aliphatic heterocycles. The van der Waals surface area contributed by atoms with E-state index in [4.69, 9.17) is 15.2 Å². The monoisotopic (exact) mass is 688 g/mol. The third-order valence-corrected chi connectivity index (χ3v) is 8.06. The molecule has 4 amide bonds. The molecule has 0 radical (unpaired) electrons. The first kappa shape index (κ1) is 38.1. The van der Waals surface area contributed by atoms with Crippen molar-refractivity contribution in [2.75, 3.05) is 32.1 Å². The largest absolute Gasteiger partial charge is 0.439 e. The number of nitrogens with two attached hydrogens (primary N) is 1. The number of likely N-dealkylation sites (tertiary alicyclic amines) is 1. The average molecular weight is 689 g/mol. The first-order chi connectivity index (χ1) is 22.6. The van der Waals surface area contributed by atoms with Gasteiger partial charge in [0.25, 0.3) is 11.8 Å². The van der Waals surface area contributed by atoms with E-state index in [2.05, 4.69) is 32.8 Å². The number of ether oxygens (including phenoxy) is 2. The number of benzene rings is 2. The number of halogens is 3. The Morgan fingerprint density at radius 2 is 1.90 bits per heavy atom. The van der Waals surface area contributed by atoms with Crippen molar-refractivity contribution in [1.29, 1.82) is 0 Å². The third kappa shape index (κ3) is 10.6. The number of methoxy groups -OCH3 is 1. The second kappa shape index (κ2) is 18.3. The lowest BCUT2D eigenvalue weighted by molar-refractivity contribution is 0.0936. The molecule has 2 atom stereocenters. The molecule has 0 bridgehead atoms. The minimum Gasteiger partial charge on any atom is -0.439 e. The molecule has 14 heteroatoms. The van der Waals surface area contributed by atoms with Crippen molar-refractivity contribution >= 4 is 35.9 Å². The summed E-state index contributed by atoms with van der Waals surface area (Å²) >= 11 is 0. The summed E-state index contributed by atoms with van der Waals surface area (Å²) in [5.74, 6) is -2.30. The van der Waals surface area contributed by atoms with E-state index in [9.17, 15) is 23.2 Å². The van der Waals surface area contributed by atoms with Gasteiger partial charge in [0.05, 0.1) is 17.9 Å². The average Bonchev–Trinajstić information content (AvgIpc) is 3.04. The van der Waals surface area contributed by atoms with Crippen molar-refractivity contribution in [3.8, 4) is 11.6 Å². The van der Waals surface area contributed by atoms with Gasteiger partial charge in [-0.05, 0) is 61.6 Å². The number of aryl methyl sites for hydroxylation is 1. The van der Waals surface area contributed by atoms with Gasteiger partial charge in [-0.1, -0.05) is 25.8 Å². The van der Waals surface area contributed by atoms with E-state index in [1.54, 1.807) is 31.5 Å². The number of amides is 4. The summed E-state index contributed by atoms with van der Waals surface area (Å²) in [6, 6.07) is 9.83. The highest BCUT2D eigenvalue weighted by Crippen LogP contribution is 2.27. The molecule has 3 aromatic rings. The second-order valence-corrected chi connectivity index (χ2v) is 11.6. The van der Waals surface area contributed by atoms with Gasteiger partial charge in [0.15, 0.2) is 0 Å². The fourth-order valence-corrected chi connectivity index (χ4v) is 5.54. The normalized spacial score (nSPS) is 16.0. The highest BCUT2D eigenvalue weighted by molar-refractivity contribution is 5.96. The Labute approximate surface area is 285 Å². The van der Waals surface area contributed by atoms with E-state index in [1.807, 2.05) is 19.1 Å². The number of rotatable bonds is 14. The SMILES string of the molecule is CCCCC1CC(NC(=O)Nc2cc(C(N)=O)c(F)cc2F)CCN1Cc1ccc(Oc2ccc(C(=O)NCCOC)cc2C)nc1.Cl. The lowest BCUT2D eigenvalue weighted by Crippen LogP contribution is -2.50. The molecule has 1 fully saturated rings. The molecule has 11 nitrogen and oxygen atoms in total. The molecule has 2 unspecified atom stereocenters. The summed E-state index contributed by atoms with van der Waals surface area (Å²) in [5.41, 5.74) is 6.67. The summed E-state index contributed by atoms with van der Waals surface area (Å²) < 4.78 is 39.1. The van der Waals surface area contributed by atoms with E-state index >= 15 is 0 Å². The molecular formula is C34H43ClF2N6O5. The molecule has 260 valence electrons. The van der Waals surface area contributed by atoms with Crippen LogP contribution in [0, 0.1) is 18.6 Å². The highest BCUT2D eigenvalue weighted by atomic mass is 35.5. The number of primary amides is 1. The number of pyridine rings is 1. The highest BCUT2D eigenvalue weighted by Gasteiger charge is 2.29. The number of unbranched alkanes of at least 4 members (excludes halogenated alkanes) is 1. The van der Waals surface area contributed by atoms with Crippen LogP contribution in [0.15, 0.2) is 48.7 Å². The number of urea groups is 1. The Bertz CT molecular complexity index is 1560. The standard InChI is InChI=1S/C34H42F2N6O5.ClH/c1-4-5-6-25-16-24(40-34(45)41-29-17-26(32(37)43)27(35)18-28(29)36)11-13-42(25)20-22-7-10-31(39-19-22)47-30-9-8-23(15-21(30)2)33(44)38-12-14-46-3;/h7-10,15,17-19,24-25H,4-6,11-14,16,20H2,1-3H3,(H2,37,43)(H,38,44)(H2,40,41,45);1H. The van der Waals surface area contributed by atoms with Gasteiger partial charge in [0, 0.05) is 62.7 Å². The van der Waals surface area contributed by atoms with Gasteiger partial charge in [0.2, 0.25) is 5.88 Å². The fourth-order valence-electron chi connectivity index (χ4n) is 5.54. The maximum absolute atomic E-state index is 14.3. The van der Waals surface area contributed by atoms with Crippen molar-refractivity contribution in [3.05, 3.63) is 82.5 Å². The van der Waals surface area contributed by atoms with E-state index < -0.39 is 29.1 Å². The van der Waals surface area contributed by atoms with Gasteiger partial charge in [-0.2, -0.15) is 0 Å². The summed E-state index contributed by atoms with van der Waals surface area (Å²) in [4.78, 5) is 43.4. The molecule has 0 aliphatic carbocycles. The van der Waals surface area contributed by atoms with Gasteiger partial charge in [-0.3, -0.25) is 14.5 Å². The van der Waals surface area contributed by atoms with Crippen molar-refractivity contribution in [3.63, 3.8) is 0 Å². The van der Waals surface area contributed by atoms with E-state index in [-0.39, 0.29) is 36.1 Å². The number of carbonyl (C=O) groups excluding carboxylic acids is 3. The molecule has 5 N–H and O–H groups in total. The predicted octanol–water partition coefficient (Wildman–Crippen LogP) is 5.70. The summed E-state index contributed by atoms with van der Waals surface area (Å²) in [6.45, 7) is 6.25. The molecule has 2 aromatic carbocycles. The Morgan fingerprint density at radius 1 is 1.10 bits per heavy atom. The zero-order chi connectivity index (χ0) is 33.9. The summed E-state index contributed by atoms with van der Waals surface area (Å²) in [5, 5.41) is 8.07. The molecule has 48 heavy (non-hydrogen) atoms. The predicted molar refractivity (Wildman–Crippen MR) is 181 cm³/mol. The molecule has 1 aromatic heterocycles. The Kier molecular flexibility index (Phi) is 14.5. The number of aromatic nitrogens is 1. The van der Waals surface area contributed by atoms with Gasteiger partial charge < -0.3 is 31.2 Å². The Balaban J connectivity index is 0.00000625. The molecule has 1 saturated heterocycles. The van der Waals surface area contributed by atoms with Crippen molar-refractivity contribution in [2.45, 2.75) is 64.6 Å². The van der Waals surface area contributed by atoms with E-state index in [0.29, 0.717) is 55.8 Å². The Morgan fingerprint density at radius 3 is 2.56 bits per heavy atom. The summed E-state index contributed by atoms with van der Waals surface area (Å²) in [6.07, 6.45) is 6.15. The van der Waals surface area contributed by atoms with Crippen LogP contribution < -0.4 is 26.4 Å². The molecule has 0 saturated carbocycles. The number of hydrogen-bond donors (Lipinski definition) is 4. The number of carbonyl (C=O) groups is 3. The lowest BCUT2D eigenvalue weighted by Gasteiger charge is -2.40. The number of nitrogens with one attached hydrogen (secondary N) is 3. The van der Waals surface area contributed by atoms with Crippen LogP contribution in [0.2, 0.25) is 0 Å². The van der Waals surface area contributed by atoms with Crippen molar-refractivity contribution in [1.82, 2.24) is 20.5 Å². The number of hydrogen-bond acceptors (Lipinski definition) is 7. The van der Waals surface area contributed by atoms with Gasteiger partial charge in [-0.15, -0.1) is 12.4 Å². The topological polar surface area (TPSA) is 148 Å². The maximum Gasteiger partial charge on any atom is 0.319 e. The molecule has 4 rings (SSSR count). The maximum atomic E-state index is 14.3. The van der Waals surface area contributed by atoms with Crippen LogP contribution in [0.1, 0.15) is 70.9 Å². The van der Waals surface area contributed by atoms with Gasteiger partial charge in [0.1, 0.15) is 17.4 Å². The van der Waals surface area contributed by atoms with Gasteiger partial charge in [-0.25, -0.2) is 18.6 Å². The first-order valence-corrected chi connectivity index (χ1v) is 15.7. The minimum atomic E-state index is -1.09. The van der Waals surface area contributed by atoms with Crippen LogP contribution in [-0.4, -0.2) is 66.6 Å². The molecule has 0 spiro atoms. The van der Waals surface area contributed by atoms with Crippen LogP contribution >= 0.6 is 12.4 Å². The number of anilines is 1. The second-order valence-electron chi connectivity index (χ2n) is 11.6. The van der Waals surface area contributed by atoms with Crippen LogP contribution in [0.4, 0.5) is 19.3 Å². The molecule has 2 heterocycles. The van der Waals surface area contributed by atoms with Gasteiger partial charge >= 0.3 is 6.03 Å².